The average molecular weight is 367 g/mol. The molecule has 0 amide bonds. The lowest BCUT2D eigenvalue weighted by molar-refractivity contribution is 0.178. The first-order valence-corrected chi connectivity index (χ1v) is 8.49. The fourth-order valence-corrected chi connectivity index (χ4v) is 3.81. The van der Waals surface area contributed by atoms with Crippen LogP contribution in [0.2, 0.25) is 0 Å². The summed E-state index contributed by atoms with van der Waals surface area (Å²) >= 11 is 3.04. The van der Waals surface area contributed by atoms with Crippen LogP contribution in [0.5, 0.6) is 0 Å². The third-order valence-corrected chi connectivity index (χ3v) is 5.54. The maximum atomic E-state index is 13.7. The average Bonchev–Trinajstić information content (AvgIpc) is 2.77. The quantitative estimate of drug-likeness (QED) is 0.705. The molecule has 2 atom stereocenters. The summed E-state index contributed by atoms with van der Waals surface area (Å²) in [7, 11) is -3.94. The summed E-state index contributed by atoms with van der Waals surface area (Å²) in [4.78, 5) is -0.461. The highest BCUT2D eigenvalue weighted by Gasteiger charge is 2.26. The van der Waals surface area contributed by atoms with Gasteiger partial charge in [-0.1, -0.05) is 0 Å². The topological polar surface area (TPSA) is 92.4 Å². The van der Waals surface area contributed by atoms with E-state index in [2.05, 4.69) is 20.7 Å². The highest BCUT2D eigenvalue weighted by atomic mass is 79.9. The van der Waals surface area contributed by atoms with Crippen molar-refractivity contribution in [1.29, 1.82) is 0 Å². The standard InChI is InChI=1S/C12H16BrFN2O3S/c13-9-4-10(14)12(5-11(9)15)20(18,19)16-6-7-1-2-8(17)3-7/h4-5,7-8,16-17H,1-3,6,15H2. The number of sulfonamides is 1. The molecule has 1 aliphatic carbocycles. The van der Waals surface area contributed by atoms with Crippen LogP contribution in [-0.2, 0) is 10.0 Å². The number of hydrogen-bond donors (Lipinski definition) is 3. The number of hydrogen-bond acceptors (Lipinski definition) is 4. The number of nitrogen functional groups attached to an aromatic ring is 1. The van der Waals surface area contributed by atoms with Gasteiger partial charge in [-0.2, -0.15) is 0 Å². The Kier molecular flexibility index (Phi) is 4.68. The van der Waals surface area contributed by atoms with Gasteiger partial charge in [-0.05, 0) is 53.2 Å². The molecular weight excluding hydrogens is 351 g/mol. The summed E-state index contributed by atoms with van der Waals surface area (Å²) < 4.78 is 40.6. The largest absolute Gasteiger partial charge is 0.398 e. The highest BCUT2D eigenvalue weighted by molar-refractivity contribution is 9.10. The lowest BCUT2D eigenvalue weighted by atomic mass is 10.1. The number of benzene rings is 1. The maximum absolute atomic E-state index is 13.7. The molecule has 0 heterocycles. The van der Waals surface area contributed by atoms with Crippen molar-refractivity contribution in [1.82, 2.24) is 4.72 Å². The molecule has 8 heteroatoms. The first-order valence-electron chi connectivity index (χ1n) is 6.22. The first-order chi connectivity index (χ1) is 9.29. The molecule has 1 saturated carbocycles. The minimum atomic E-state index is -3.94. The molecule has 1 aromatic carbocycles. The molecule has 0 radical (unpaired) electrons. The smallest absolute Gasteiger partial charge is 0.243 e. The second kappa shape index (κ2) is 5.97. The normalized spacial score (nSPS) is 23.1. The molecule has 1 aliphatic rings. The minimum absolute atomic E-state index is 0.0793. The van der Waals surface area contributed by atoms with Gasteiger partial charge in [-0.25, -0.2) is 17.5 Å². The van der Waals surface area contributed by atoms with Gasteiger partial charge in [0.15, 0.2) is 0 Å². The Morgan fingerprint density at radius 3 is 2.75 bits per heavy atom. The molecule has 1 fully saturated rings. The van der Waals surface area contributed by atoms with Crippen LogP contribution in [0.4, 0.5) is 10.1 Å². The molecule has 0 aliphatic heterocycles. The fourth-order valence-electron chi connectivity index (χ4n) is 2.29. The first kappa shape index (κ1) is 15.7. The van der Waals surface area contributed by atoms with E-state index in [4.69, 9.17) is 5.73 Å². The molecule has 0 bridgehead atoms. The summed E-state index contributed by atoms with van der Waals surface area (Å²) in [5.74, 6) is -0.777. The van der Waals surface area contributed by atoms with E-state index < -0.39 is 20.7 Å². The van der Waals surface area contributed by atoms with E-state index in [9.17, 15) is 17.9 Å². The summed E-state index contributed by atoms with van der Waals surface area (Å²) in [6, 6.07) is 2.12. The second-order valence-electron chi connectivity index (χ2n) is 4.99. The number of nitrogens with two attached hydrogens (primary N) is 1. The van der Waals surface area contributed by atoms with Gasteiger partial charge in [0.2, 0.25) is 10.0 Å². The van der Waals surface area contributed by atoms with Crippen molar-refractivity contribution in [3.8, 4) is 0 Å². The van der Waals surface area contributed by atoms with Crippen molar-refractivity contribution < 1.29 is 17.9 Å². The number of halogens is 2. The zero-order valence-electron chi connectivity index (χ0n) is 10.6. The molecule has 2 unspecified atom stereocenters. The zero-order chi connectivity index (χ0) is 14.9. The van der Waals surface area contributed by atoms with Gasteiger partial charge in [0.05, 0.1) is 6.10 Å². The van der Waals surface area contributed by atoms with E-state index in [-0.39, 0.29) is 24.3 Å². The maximum Gasteiger partial charge on any atom is 0.243 e. The van der Waals surface area contributed by atoms with Gasteiger partial charge in [0.25, 0.3) is 0 Å². The van der Waals surface area contributed by atoms with Crippen molar-refractivity contribution in [3.05, 3.63) is 22.4 Å². The van der Waals surface area contributed by atoms with Gasteiger partial charge < -0.3 is 10.8 Å². The van der Waals surface area contributed by atoms with Crippen molar-refractivity contribution in [2.75, 3.05) is 12.3 Å². The molecule has 0 saturated heterocycles. The van der Waals surface area contributed by atoms with Gasteiger partial charge in [-0.3, -0.25) is 0 Å². The Balaban J connectivity index is 2.12. The van der Waals surface area contributed by atoms with Gasteiger partial charge >= 0.3 is 0 Å². The summed E-state index contributed by atoms with van der Waals surface area (Å²) in [6.07, 6.45) is 1.62. The minimum Gasteiger partial charge on any atom is -0.398 e. The van der Waals surface area contributed by atoms with Crippen molar-refractivity contribution >= 4 is 31.6 Å². The van der Waals surface area contributed by atoms with E-state index in [0.717, 1.165) is 18.6 Å². The van der Waals surface area contributed by atoms with Crippen LogP contribution in [0.3, 0.4) is 0 Å². The summed E-state index contributed by atoms with van der Waals surface area (Å²) in [5.41, 5.74) is 5.74. The van der Waals surface area contributed by atoms with Crippen molar-refractivity contribution in [3.63, 3.8) is 0 Å². The number of aliphatic hydroxyl groups excluding tert-OH is 1. The SMILES string of the molecule is Nc1cc(S(=O)(=O)NCC2CCC(O)C2)c(F)cc1Br. The van der Waals surface area contributed by atoms with E-state index in [1.165, 1.54) is 0 Å². The van der Waals surface area contributed by atoms with Gasteiger partial charge in [-0.15, -0.1) is 0 Å². The molecular formula is C12H16BrFN2O3S. The Morgan fingerprint density at radius 1 is 1.45 bits per heavy atom. The Hall–Kier alpha value is -0.700. The van der Waals surface area contributed by atoms with Crippen molar-refractivity contribution in [2.24, 2.45) is 5.92 Å². The lowest BCUT2D eigenvalue weighted by Crippen LogP contribution is -2.29. The highest BCUT2D eigenvalue weighted by Crippen LogP contribution is 2.27. The molecule has 5 nitrogen and oxygen atoms in total. The Labute approximate surface area is 125 Å². The Bertz CT molecular complexity index is 609. The van der Waals surface area contributed by atoms with Crippen LogP contribution >= 0.6 is 15.9 Å². The molecule has 4 N–H and O–H groups in total. The van der Waals surface area contributed by atoms with Crippen LogP contribution in [0.25, 0.3) is 0 Å². The lowest BCUT2D eigenvalue weighted by Gasteiger charge is -2.12. The molecule has 0 aromatic heterocycles. The predicted octanol–water partition coefficient (Wildman–Crippen LogP) is 1.61. The molecule has 20 heavy (non-hydrogen) atoms. The molecule has 2 rings (SSSR count). The molecule has 1 aromatic rings. The van der Waals surface area contributed by atoms with E-state index in [1.54, 1.807) is 0 Å². The number of nitrogens with one attached hydrogen (secondary N) is 1. The molecule has 112 valence electrons. The van der Waals surface area contributed by atoms with Crippen LogP contribution in [0, 0.1) is 11.7 Å². The van der Waals surface area contributed by atoms with E-state index >= 15 is 0 Å². The van der Waals surface area contributed by atoms with Crippen LogP contribution in [-0.4, -0.2) is 26.2 Å². The number of anilines is 1. The Morgan fingerprint density at radius 2 is 2.15 bits per heavy atom. The third kappa shape index (κ3) is 3.49. The van der Waals surface area contributed by atoms with Crippen LogP contribution < -0.4 is 10.5 Å². The van der Waals surface area contributed by atoms with Gasteiger partial charge in [0.1, 0.15) is 10.7 Å². The van der Waals surface area contributed by atoms with Crippen molar-refractivity contribution in [2.45, 2.75) is 30.3 Å². The summed E-state index contributed by atoms with van der Waals surface area (Å²) in [6.45, 7) is 0.189. The number of aliphatic hydroxyl groups is 1. The molecule has 0 spiro atoms. The van der Waals surface area contributed by atoms with Crippen LogP contribution in [0.1, 0.15) is 19.3 Å². The third-order valence-electron chi connectivity index (χ3n) is 3.42. The number of rotatable bonds is 4. The summed E-state index contributed by atoms with van der Waals surface area (Å²) in [5, 5.41) is 9.40. The second-order valence-corrected chi connectivity index (χ2v) is 7.58. The monoisotopic (exact) mass is 366 g/mol. The van der Waals surface area contributed by atoms with E-state index in [0.29, 0.717) is 17.3 Å². The predicted molar refractivity (Wildman–Crippen MR) is 77.0 cm³/mol. The van der Waals surface area contributed by atoms with Crippen LogP contribution in [0.15, 0.2) is 21.5 Å². The van der Waals surface area contributed by atoms with E-state index in [1.807, 2.05) is 0 Å². The zero-order valence-corrected chi connectivity index (χ0v) is 13.0. The van der Waals surface area contributed by atoms with Gasteiger partial charge in [0, 0.05) is 16.7 Å². The fraction of sp³-hybridized carbons (Fsp3) is 0.500.